The number of rotatable bonds is 6. The van der Waals surface area contributed by atoms with Gasteiger partial charge in [0.1, 0.15) is 5.82 Å². The smallest absolute Gasteiger partial charge is 0.127 e. The Morgan fingerprint density at radius 2 is 2.21 bits per heavy atom. The zero-order valence-corrected chi connectivity index (χ0v) is 11.7. The number of hydrogen-bond acceptors (Lipinski definition) is 4. The van der Waals surface area contributed by atoms with Crippen LogP contribution in [0.3, 0.4) is 0 Å². The Balaban J connectivity index is 1.83. The lowest BCUT2D eigenvalue weighted by Gasteiger charge is -2.19. The lowest BCUT2D eigenvalue weighted by molar-refractivity contribution is 0.307. The fourth-order valence-corrected chi connectivity index (χ4v) is 2.51. The molecule has 2 aromatic rings. The Bertz CT molecular complexity index is 501. The first-order valence-electron chi connectivity index (χ1n) is 6.22. The van der Waals surface area contributed by atoms with E-state index in [4.69, 9.17) is 5.73 Å². The molecule has 2 N–H and O–H groups in total. The summed E-state index contributed by atoms with van der Waals surface area (Å²) >= 11 is 1.59. The van der Waals surface area contributed by atoms with Crippen LogP contribution in [-0.4, -0.2) is 23.5 Å². The summed E-state index contributed by atoms with van der Waals surface area (Å²) in [7, 11) is 2.02. The molecule has 0 aliphatic carbocycles. The van der Waals surface area contributed by atoms with E-state index in [1.54, 1.807) is 23.5 Å². The van der Waals surface area contributed by atoms with Crippen LogP contribution in [0.5, 0.6) is 0 Å². The summed E-state index contributed by atoms with van der Waals surface area (Å²) in [6, 6.07) is 6.44. The highest BCUT2D eigenvalue weighted by Gasteiger charge is 2.12. The van der Waals surface area contributed by atoms with E-state index in [-0.39, 0.29) is 11.9 Å². The summed E-state index contributed by atoms with van der Waals surface area (Å²) < 4.78 is 13.6. The van der Waals surface area contributed by atoms with Gasteiger partial charge in [-0.25, -0.2) is 9.37 Å². The average molecular weight is 279 g/mol. The van der Waals surface area contributed by atoms with Gasteiger partial charge in [-0.15, -0.1) is 11.3 Å². The molecular formula is C14H18FN3S. The summed E-state index contributed by atoms with van der Waals surface area (Å²) in [5.41, 5.74) is 9.51. The molecular weight excluding hydrogens is 261 g/mol. The van der Waals surface area contributed by atoms with E-state index in [9.17, 15) is 4.39 Å². The molecule has 1 aromatic carbocycles. The average Bonchev–Trinajstić information content (AvgIpc) is 2.89. The number of thiazole rings is 1. The predicted octanol–water partition coefficient (Wildman–Crippen LogP) is 2.80. The second kappa shape index (κ2) is 6.75. The number of benzene rings is 1. The molecule has 19 heavy (non-hydrogen) atoms. The maximum absolute atomic E-state index is 13.6. The molecule has 0 saturated heterocycles. The first-order chi connectivity index (χ1) is 9.16. The van der Waals surface area contributed by atoms with Crippen LogP contribution in [0.15, 0.2) is 35.2 Å². The van der Waals surface area contributed by atoms with Crippen molar-refractivity contribution >= 4 is 11.3 Å². The fourth-order valence-electron chi connectivity index (χ4n) is 1.96. The summed E-state index contributed by atoms with van der Waals surface area (Å²) in [6.07, 6.45) is 0.724. The van der Waals surface area contributed by atoms with E-state index >= 15 is 0 Å². The molecule has 0 radical (unpaired) electrons. The van der Waals surface area contributed by atoms with Crippen molar-refractivity contribution < 1.29 is 4.39 Å². The van der Waals surface area contributed by atoms with Gasteiger partial charge in [0.05, 0.1) is 11.2 Å². The van der Waals surface area contributed by atoms with Gasteiger partial charge in [0.2, 0.25) is 0 Å². The maximum atomic E-state index is 13.6. The fraction of sp³-hybridized carbons (Fsp3) is 0.357. The van der Waals surface area contributed by atoms with Crippen molar-refractivity contribution in [3.8, 4) is 0 Å². The summed E-state index contributed by atoms with van der Waals surface area (Å²) in [4.78, 5) is 6.39. The number of nitrogens with two attached hydrogens (primary N) is 1. The van der Waals surface area contributed by atoms with Crippen molar-refractivity contribution in [2.75, 3.05) is 13.6 Å². The third kappa shape index (κ3) is 4.09. The summed E-state index contributed by atoms with van der Waals surface area (Å²) in [6.45, 7) is 1.61. The lowest BCUT2D eigenvalue weighted by atomic mass is 10.0. The van der Waals surface area contributed by atoms with Crippen LogP contribution in [0.4, 0.5) is 4.39 Å². The van der Waals surface area contributed by atoms with Crippen LogP contribution in [0, 0.1) is 5.82 Å². The van der Waals surface area contributed by atoms with Crippen molar-refractivity contribution in [3.05, 3.63) is 52.2 Å². The lowest BCUT2D eigenvalue weighted by Crippen LogP contribution is -2.24. The second-order valence-electron chi connectivity index (χ2n) is 4.63. The maximum Gasteiger partial charge on any atom is 0.127 e. The minimum Gasteiger partial charge on any atom is -0.324 e. The van der Waals surface area contributed by atoms with Gasteiger partial charge in [-0.1, -0.05) is 18.2 Å². The van der Waals surface area contributed by atoms with Crippen LogP contribution in [0.25, 0.3) is 0 Å². The molecule has 1 heterocycles. The second-order valence-corrected chi connectivity index (χ2v) is 5.35. The topological polar surface area (TPSA) is 42.1 Å². The molecule has 5 heteroatoms. The first-order valence-corrected chi connectivity index (χ1v) is 7.16. The van der Waals surface area contributed by atoms with Crippen LogP contribution in [0.2, 0.25) is 0 Å². The molecule has 0 saturated carbocycles. The van der Waals surface area contributed by atoms with Gasteiger partial charge >= 0.3 is 0 Å². The first kappa shape index (κ1) is 14.1. The molecule has 0 fully saturated rings. The van der Waals surface area contributed by atoms with Crippen molar-refractivity contribution in [3.63, 3.8) is 0 Å². The van der Waals surface area contributed by atoms with E-state index in [0.717, 1.165) is 25.2 Å². The number of aromatic nitrogens is 1. The monoisotopic (exact) mass is 279 g/mol. The van der Waals surface area contributed by atoms with Gasteiger partial charge < -0.3 is 10.6 Å². The highest BCUT2D eigenvalue weighted by molar-refractivity contribution is 7.07. The van der Waals surface area contributed by atoms with Crippen molar-refractivity contribution in [1.82, 2.24) is 9.88 Å². The largest absolute Gasteiger partial charge is 0.324 e. The Labute approximate surface area is 116 Å². The van der Waals surface area contributed by atoms with Gasteiger partial charge in [0.25, 0.3) is 0 Å². The molecule has 0 spiro atoms. The Kier molecular flexibility index (Phi) is 5.01. The standard InChI is InChI=1S/C14H18FN3S/c1-18(8-11-9-19-10-17-11)7-6-14(16)12-4-2-3-5-13(12)15/h2-5,9-10,14H,6-8,16H2,1H3. The zero-order valence-electron chi connectivity index (χ0n) is 10.9. The summed E-state index contributed by atoms with van der Waals surface area (Å²) in [5, 5.41) is 2.04. The number of nitrogens with zero attached hydrogens (tertiary/aromatic N) is 2. The molecule has 1 unspecified atom stereocenters. The van der Waals surface area contributed by atoms with Gasteiger partial charge in [-0.05, 0) is 19.5 Å². The molecule has 102 valence electrons. The minimum absolute atomic E-state index is 0.225. The van der Waals surface area contributed by atoms with Crippen molar-refractivity contribution in [2.24, 2.45) is 5.73 Å². The molecule has 2 rings (SSSR count). The molecule has 1 atom stereocenters. The van der Waals surface area contributed by atoms with Crippen LogP contribution >= 0.6 is 11.3 Å². The molecule has 1 aromatic heterocycles. The number of halogens is 1. The molecule has 3 nitrogen and oxygen atoms in total. The van der Waals surface area contributed by atoms with Gasteiger partial charge in [0.15, 0.2) is 0 Å². The Hall–Kier alpha value is -1.30. The van der Waals surface area contributed by atoms with Crippen LogP contribution < -0.4 is 5.73 Å². The Morgan fingerprint density at radius 3 is 2.89 bits per heavy atom. The number of hydrogen-bond donors (Lipinski definition) is 1. The molecule has 0 bridgehead atoms. The summed E-state index contributed by atoms with van der Waals surface area (Å²) in [5.74, 6) is -0.225. The van der Waals surface area contributed by atoms with E-state index in [1.807, 2.05) is 24.0 Å². The van der Waals surface area contributed by atoms with E-state index in [0.29, 0.717) is 5.56 Å². The third-order valence-electron chi connectivity index (χ3n) is 3.04. The quantitative estimate of drug-likeness (QED) is 0.884. The molecule has 0 amide bonds. The minimum atomic E-state index is -0.265. The highest BCUT2D eigenvalue weighted by Crippen LogP contribution is 2.18. The van der Waals surface area contributed by atoms with E-state index in [1.165, 1.54) is 6.07 Å². The van der Waals surface area contributed by atoms with Gasteiger partial charge in [0, 0.05) is 30.1 Å². The predicted molar refractivity (Wildman–Crippen MR) is 76.4 cm³/mol. The van der Waals surface area contributed by atoms with Crippen molar-refractivity contribution in [1.29, 1.82) is 0 Å². The van der Waals surface area contributed by atoms with Crippen LogP contribution in [0.1, 0.15) is 23.7 Å². The normalized spacial score (nSPS) is 12.8. The SMILES string of the molecule is CN(CCC(N)c1ccccc1F)Cc1cscn1. The Morgan fingerprint density at radius 1 is 1.42 bits per heavy atom. The third-order valence-corrected chi connectivity index (χ3v) is 3.68. The van der Waals surface area contributed by atoms with E-state index in [2.05, 4.69) is 9.88 Å². The molecule has 0 aliphatic heterocycles. The van der Waals surface area contributed by atoms with Gasteiger partial charge in [-0.3, -0.25) is 0 Å². The van der Waals surface area contributed by atoms with Crippen LogP contribution in [-0.2, 0) is 6.54 Å². The van der Waals surface area contributed by atoms with Gasteiger partial charge in [-0.2, -0.15) is 0 Å². The molecule has 0 aliphatic rings. The highest BCUT2D eigenvalue weighted by atomic mass is 32.1. The van der Waals surface area contributed by atoms with E-state index < -0.39 is 0 Å². The zero-order chi connectivity index (χ0) is 13.7. The van der Waals surface area contributed by atoms with Crippen molar-refractivity contribution in [2.45, 2.75) is 19.0 Å².